The summed E-state index contributed by atoms with van der Waals surface area (Å²) in [5.41, 5.74) is 0.781. The van der Waals surface area contributed by atoms with Gasteiger partial charge in [-0.1, -0.05) is 0 Å². The van der Waals surface area contributed by atoms with Crippen molar-refractivity contribution >= 4 is 0 Å². The molecular weight excluding hydrogens is 264 g/mol. The van der Waals surface area contributed by atoms with Crippen molar-refractivity contribution in [3.63, 3.8) is 0 Å². The van der Waals surface area contributed by atoms with Crippen LogP contribution in [0.25, 0.3) is 0 Å². The van der Waals surface area contributed by atoms with E-state index >= 15 is 0 Å². The molecule has 0 aliphatic carbocycles. The lowest BCUT2D eigenvalue weighted by molar-refractivity contribution is -0.173. The Hall–Kier alpha value is -1.65. The van der Waals surface area contributed by atoms with Crippen LogP contribution in [0.1, 0.15) is 11.1 Å². The molecular formula is C12H12F4N2O. The van der Waals surface area contributed by atoms with Gasteiger partial charge in [-0.3, -0.25) is 0 Å². The number of benzene rings is 1. The molecule has 0 saturated heterocycles. The van der Waals surface area contributed by atoms with Gasteiger partial charge in [0.05, 0.1) is 18.2 Å². The second kappa shape index (κ2) is 7.07. The van der Waals surface area contributed by atoms with Crippen molar-refractivity contribution in [3.05, 3.63) is 35.1 Å². The summed E-state index contributed by atoms with van der Waals surface area (Å²) in [6, 6.07) is 5.65. The first-order valence-electron chi connectivity index (χ1n) is 5.46. The van der Waals surface area contributed by atoms with Crippen LogP contribution < -0.4 is 5.32 Å². The SMILES string of the molecule is N#Cc1ccc(F)cc1CNCCOCC(F)(F)F. The van der Waals surface area contributed by atoms with Gasteiger partial charge in [-0.2, -0.15) is 18.4 Å². The molecule has 1 aromatic rings. The Balaban J connectivity index is 2.30. The standard InChI is InChI=1S/C12H12F4N2O/c13-11-2-1-9(6-17)10(5-11)7-18-3-4-19-8-12(14,15)16/h1-2,5,18H,3-4,7-8H2. The number of nitriles is 1. The third kappa shape index (κ3) is 6.18. The molecule has 19 heavy (non-hydrogen) atoms. The maximum atomic E-state index is 13.0. The maximum Gasteiger partial charge on any atom is 0.411 e. The molecule has 0 atom stereocenters. The number of hydrogen-bond acceptors (Lipinski definition) is 3. The molecule has 1 aromatic carbocycles. The number of hydrogen-bond donors (Lipinski definition) is 1. The fourth-order valence-corrected chi connectivity index (χ4v) is 1.37. The first kappa shape index (κ1) is 15.4. The maximum absolute atomic E-state index is 13.0. The van der Waals surface area contributed by atoms with Crippen molar-refractivity contribution in [2.75, 3.05) is 19.8 Å². The number of rotatable bonds is 6. The molecule has 0 aromatic heterocycles. The summed E-state index contributed by atoms with van der Waals surface area (Å²) < 4.78 is 52.6. The smallest absolute Gasteiger partial charge is 0.371 e. The van der Waals surface area contributed by atoms with E-state index in [0.717, 1.165) is 0 Å². The third-order valence-corrected chi connectivity index (χ3v) is 2.19. The largest absolute Gasteiger partial charge is 0.411 e. The van der Waals surface area contributed by atoms with Gasteiger partial charge < -0.3 is 10.1 Å². The van der Waals surface area contributed by atoms with Crippen molar-refractivity contribution in [1.29, 1.82) is 5.26 Å². The zero-order chi connectivity index (χ0) is 14.3. The van der Waals surface area contributed by atoms with Crippen molar-refractivity contribution in [1.82, 2.24) is 5.32 Å². The van der Waals surface area contributed by atoms with Crippen LogP contribution in [0.4, 0.5) is 17.6 Å². The van der Waals surface area contributed by atoms with Crippen LogP contribution in [-0.2, 0) is 11.3 Å². The van der Waals surface area contributed by atoms with Crippen LogP contribution in [0.15, 0.2) is 18.2 Å². The van der Waals surface area contributed by atoms with E-state index in [4.69, 9.17) is 5.26 Å². The summed E-state index contributed by atoms with van der Waals surface area (Å²) >= 11 is 0. The Kier molecular flexibility index (Phi) is 5.73. The molecule has 0 heterocycles. The summed E-state index contributed by atoms with van der Waals surface area (Å²) in [6.45, 7) is -1.04. The van der Waals surface area contributed by atoms with Gasteiger partial charge >= 0.3 is 6.18 Å². The van der Waals surface area contributed by atoms with E-state index in [2.05, 4.69) is 10.1 Å². The van der Waals surface area contributed by atoms with E-state index < -0.39 is 18.6 Å². The van der Waals surface area contributed by atoms with Gasteiger partial charge in [-0.15, -0.1) is 0 Å². The number of nitrogens with zero attached hydrogens (tertiary/aromatic N) is 1. The monoisotopic (exact) mass is 276 g/mol. The molecule has 0 spiro atoms. The van der Waals surface area contributed by atoms with E-state index in [1.54, 1.807) is 0 Å². The van der Waals surface area contributed by atoms with Crippen LogP contribution in [0.2, 0.25) is 0 Å². The van der Waals surface area contributed by atoms with E-state index in [1.807, 2.05) is 6.07 Å². The summed E-state index contributed by atoms with van der Waals surface area (Å²) in [4.78, 5) is 0. The highest BCUT2D eigenvalue weighted by Crippen LogP contribution is 2.14. The molecule has 0 radical (unpaired) electrons. The first-order valence-corrected chi connectivity index (χ1v) is 5.46. The Labute approximate surface area is 107 Å². The minimum atomic E-state index is -4.34. The number of ether oxygens (including phenoxy) is 1. The second-order valence-electron chi connectivity index (χ2n) is 3.76. The lowest BCUT2D eigenvalue weighted by atomic mass is 10.1. The molecule has 1 N–H and O–H groups in total. The zero-order valence-corrected chi connectivity index (χ0v) is 9.93. The molecule has 1 rings (SSSR count). The van der Waals surface area contributed by atoms with Gasteiger partial charge in [0.15, 0.2) is 0 Å². The summed E-state index contributed by atoms with van der Waals surface area (Å²) in [5, 5.41) is 11.6. The summed E-state index contributed by atoms with van der Waals surface area (Å²) in [7, 11) is 0. The summed E-state index contributed by atoms with van der Waals surface area (Å²) in [6.07, 6.45) is -4.34. The van der Waals surface area contributed by atoms with Crippen molar-refractivity contribution in [3.8, 4) is 6.07 Å². The molecule has 0 unspecified atom stereocenters. The highest BCUT2D eigenvalue weighted by molar-refractivity contribution is 5.37. The molecule has 0 amide bonds. The normalized spacial score (nSPS) is 11.3. The topological polar surface area (TPSA) is 45.0 Å². The van der Waals surface area contributed by atoms with Gasteiger partial charge in [0.25, 0.3) is 0 Å². The lowest BCUT2D eigenvalue weighted by Gasteiger charge is -2.09. The Morgan fingerprint density at radius 1 is 1.32 bits per heavy atom. The third-order valence-electron chi connectivity index (χ3n) is 2.19. The van der Waals surface area contributed by atoms with Crippen LogP contribution in [0.5, 0.6) is 0 Å². The fraction of sp³-hybridized carbons (Fsp3) is 0.417. The summed E-state index contributed by atoms with van der Waals surface area (Å²) in [5.74, 6) is -0.468. The van der Waals surface area contributed by atoms with Crippen molar-refractivity contribution in [2.24, 2.45) is 0 Å². The van der Waals surface area contributed by atoms with Gasteiger partial charge in [-0.25, -0.2) is 4.39 Å². The predicted molar refractivity (Wildman–Crippen MR) is 59.7 cm³/mol. The molecule has 0 saturated carbocycles. The number of nitrogens with one attached hydrogen (secondary N) is 1. The van der Waals surface area contributed by atoms with Crippen molar-refractivity contribution < 1.29 is 22.3 Å². The molecule has 0 bridgehead atoms. The van der Waals surface area contributed by atoms with E-state index in [9.17, 15) is 17.6 Å². The molecule has 7 heteroatoms. The average molecular weight is 276 g/mol. The Morgan fingerprint density at radius 2 is 2.05 bits per heavy atom. The lowest BCUT2D eigenvalue weighted by Crippen LogP contribution is -2.24. The average Bonchev–Trinajstić information content (AvgIpc) is 2.32. The second-order valence-corrected chi connectivity index (χ2v) is 3.76. The molecule has 0 aliphatic rings. The van der Waals surface area contributed by atoms with Crippen LogP contribution in [0, 0.1) is 17.1 Å². The van der Waals surface area contributed by atoms with Gasteiger partial charge in [0.1, 0.15) is 12.4 Å². The predicted octanol–water partition coefficient (Wildman–Crippen LogP) is 2.37. The van der Waals surface area contributed by atoms with Crippen molar-refractivity contribution in [2.45, 2.75) is 12.7 Å². The van der Waals surface area contributed by atoms with Crippen LogP contribution >= 0.6 is 0 Å². The first-order chi connectivity index (χ1) is 8.92. The van der Waals surface area contributed by atoms with Gasteiger partial charge in [0.2, 0.25) is 0 Å². The van der Waals surface area contributed by atoms with Gasteiger partial charge in [0, 0.05) is 13.1 Å². The van der Waals surface area contributed by atoms with E-state index in [1.165, 1.54) is 18.2 Å². The Morgan fingerprint density at radius 3 is 2.68 bits per heavy atom. The quantitative estimate of drug-likeness (QED) is 0.641. The molecule has 104 valence electrons. The van der Waals surface area contributed by atoms with Crippen LogP contribution in [0.3, 0.4) is 0 Å². The minimum Gasteiger partial charge on any atom is -0.371 e. The number of halogens is 4. The van der Waals surface area contributed by atoms with Crippen LogP contribution in [-0.4, -0.2) is 25.9 Å². The molecule has 0 fully saturated rings. The molecule has 0 aliphatic heterocycles. The van der Waals surface area contributed by atoms with Gasteiger partial charge in [-0.05, 0) is 23.8 Å². The number of alkyl halides is 3. The Bertz CT molecular complexity index is 454. The molecule has 3 nitrogen and oxygen atoms in total. The van der Waals surface area contributed by atoms with E-state index in [-0.39, 0.29) is 19.7 Å². The minimum absolute atomic E-state index is 0.114. The zero-order valence-electron chi connectivity index (χ0n) is 9.93. The fourth-order valence-electron chi connectivity index (χ4n) is 1.37. The van der Waals surface area contributed by atoms with E-state index in [0.29, 0.717) is 11.1 Å². The highest BCUT2D eigenvalue weighted by atomic mass is 19.4. The highest BCUT2D eigenvalue weighted by Gasteiger charge is 2.27.